The maximum absolute atomic E-state index is 13.1. The summed E-state index contributed by atoms with van der Waals surface area (Å²) in [4.78, 5) is 27.7. The number of nitrogen functional groups attached to an aromatic ring is 1. The number of anilines is 1. The van der Waals surface area contributed by atoms with Crippen molar-refractivity contribution in [2.24, 2.45) is 0 Å². The number of likely N-dealkylation sites (tertiary alicyclic amines) is 1. The number of nitrogens with zero attached hydrogens (tertiary/aromatic N) is 4. The second-order valence-electron chi connectivity index (χ2n) is 6.85. The van der Waals surface area contributed by atoms with Crippen molar-refractivity contribution >= 4 is 11.6 Å². The first-order chi connectivity index (χ1) is 13.6. The fourth-order valence-corrected chi connectivity index (χ4v) is 3.41. The molecule has 0 saturated carbocycles. The lowest BCUT2D eigenvalue weighted by Crippen LogP contribution is -2.30. The van der Waals surface area contributed by atoms with Gasteiger partial charge in [-0.3, -0.25) is 9.78 Å². The summed E-state index contributed by atoms with van der Waals surface area (Å²) in [5.41, 5.74) is 8.49. The summed E-state index contributed by atoms with van der Waals surface area (Å²) < 4.78 is 13.1. The van der Waals surface area contributed by atoms with Crippen molar-refractivity contribution in [2.75, 3.05) is 18.8 Å². The van der Waals surface area contributed by atoms with E-state index in [-0.39, 0.29) is 24.1 Å². The predicted octanol–water partition coefficient (Wildman–Crippen LogP) is 2.82. The number of halogens is 1. The molecule has 1 aliphatic rings. The van der Waals surface area contributed by atoms with Crippen LogP contribution in [0.1, 0.15) is 23.9 Å². The number of carbonyl (C=O) groups excluding carboxylic acids is 1. The third kappa shape index (κ3) is 3.83. The number of pyridine rings is 1. The van der Waals surface area contributed by atoms with E-state index in [1.807, 2.05) is 4.90 Å². The molecule has 28 heavy (non-hydrogen) atoms. The van der Waals surface area contributed by atoms with Gasteiger partial charge in [0.1, 0.15) is 11.6 Å². The molecule has 1 atom stereocenters. The number of benzene rings is 1. The minimum atomic E-state index is -0.305. The van der Waals surface area contributed by atoms with Crippen LogP contribution in [0.4, 0.5) is 10.1 Å². The zero-order valence-electron chi connectivity index (χ0n) is 15.3. The van der Waals surface area contributed by atoms with Crippen molar-refractivity contribution in [2.45, 2.75) is 18.8 Å². The monoisotopic (exact) mass is 377 g/mol. The molecule has 3 aromatic rings. The Labute approximate surface area is 162 Å². The van der Waals surface area contributed by atoms with Crippen LogP contribution in [0.5, 0.6) is 0 Å². The lowest BCUT2D eigenvalue weighted by atomic mass is 10.1. The molecule has 2 N–H and O–H groups in total. The quantitative estimate of drug-likeness (QED) is 0.756. The van der Waals surface area contributed by atoms with Gasteiger partial charge < -0.3 is 10.6 Å². The molecule has 1 fully saturated rings. The van der Waals surface area contributed by atoms with Crippen LogP contribution in [-0.2, 0) is 11.2 Å². The number of hydrogen-bond donors (Lipinski definition) is 1. The molecule has 0 aliphatic carbocycles. The molecular formula is C21H20FN5O. The summed E-state index contributed by atoms with van der Waals surface area (Å²) >= 11 is 0. The van der Waals surface area contributed by atoms with Crippen LogP contribution in [0.15, 0.2) is 54.9 Å². The molecule has 0 unspecified atom stereocenters. The number of hydrogen-bond acceptors (Lipinski definition) is 5. The van der Waals surface area contributed by atoms with E-state index in [0.29, 0.717) is 30.2 Å². The minimum absolute atomic E-state index is 0.0195. The number of amides is 1. The van der Waals surface area contributed by atoms with Gasteiger partial charge in [0.05, 0.1) is 23.5 Å². The van der Waals surface area contributed by atoms with E-state index in [2.05, 4.69) is 15.0 Å². The van der Waals surface area contributed by atoms with Crippen LogP contribution in [0.25, 0.3) is 11.3 Å². The molecule has 142 valence electrons. The molecule has 0 bridgehead atoms. The van der Waals surface area contributed by atoms with Crippen LogP contribution < -0.4 is 5.73 Å². The standard InChI is InChI=1S/C21H20FN5O/c22-16-4-2-14(3-5-16)18-7-6-17(23)19(26-18)12-20(28)27-11-8-15(13-27)21-24-9-1-10-25-21/h1-7,9-10,15H,8,11-13,23H2/t15-/m1/s1. The highest BCUT2D eigenvalue weighted by atomic mass is 19.1. The van der Waals surface area contributed by atoms with Gasteiger partial charge in [-0.15, -0.1) is 0 Å². The predicted molar refractivity (Wildman–Crippen MR) is 104 cm³/mol. The Hall–Kier alpha value is -3.35. The highest BCUT2D eigenvalue weighted by Gasteiger charge is 2.29. The Morgan fingerprint density at radius 3 is 2.64 bits per heavy atom. The summed E-state index contributed by atoms with van der Waals surface area (Å²) in [5.74, 6) is 0.601. The molecule has 7 heteroatoms. The van der Waals surface area contributed by atoms with Crippen molar-refractivity contribution in [3.8, 4) is 11.3 Å². The van der Waals surface area contributed by atoms with Gasteiger partial charge in [0.2, 0.25) is 5.91 Å². The Kier molecular flexibility index (Phi) is 4.97. The third-order valence-electron chi connectivity index (χ3n) is 4.96. The minimum Gasteiger partial charge on any atom is -0.397 e. The average Bonchev–Trinajstić information content (AvgIpc) is 3.21. The van der Waals surface area contributed by atoms with Crippen LogP contribution in [-0.4, -0.2) is 38.8 Å². The average molecular weight is 377 g/mol. The van der Waals surface area contributed by atoms with Crippen molar-refractivity contribution in [1.82, 2.24) is 19.9 Å². The largest absolute Gasteiger partial charge is 0.397 e. The Morgan fingerprint density at radius 2 is 1.89 bits per heavy atom. The van der Waals surface area contributed by atoms with E-state index >= 15 is 0 Å². The van der Waals surface area contributed by atoms with E-state index in [0.717, 1.165) is 17.8 Å². The number of carbonyl (C=O) groups is 1. The van der Waals surface area contributed by atoms with E-state index in [9.17, 15) is 9.18 Å². The smallest absolute Gasteiger partial charge is 0.228 e. The van der Waals surface area contributed by atoms with Crippen molar-refractivity contribution in [1.29, 1.82) is 0 Å². The molecule has 0 spiro atoms. The third-order valence-corrected chi connectivity index (χ3v) is 4.96. The lowest BCUT2D eigenvalue weighted by molar-refractivity contribution is -0.129. The zero-order valence-corrected chi connectivity index (χ0v) is 15.3. The van der Waals surface area contributed by atoms with Crippen LogP contribution >= 0.6 is 0 Å². The Morgan fingerprint density at radius 1 is 1.14 bits per heavy atom. The van der Waals surface area contributed by atoms with Gasteiger partial charge in [-0.1, -0.05) is 0 Å². The van der Waals surface area contributed by atoms with Gasteiger partial charge in [-0.25, -0.2) is 14.4 Å². The molecule has 4 rings (SSSR count). The number of rotatable bonds is 4. The fourth-order valence-electron chi connectivity index (χ4n) is 3.41. The highest BCUT2D eigenvalue weighted by molar-refractivity contribution is 5.80. The van der Waals surface area contributed by atoms with Crippen molar-refractivity contribution < 1.29 is 9.18 Å². The summed E-state index contributed by atoms with van der Waals surface area (Å²) in [6.07, 6.45) is 4.41. The maximum atomic E-state index is 13.1. The molecule has 2 aromatic heterocycles. The zero-order chi connectivity index (χ0) is 19.5. The van der Waals surface area contributed by atoms with Gasteiger partial charge >= 0.3 is 0 Å². The summed E-state index contributed by atoms with van der Waals surface area (Å²) in [6, 6.07) is 11.4. The Bertz CT molecular complexity index is 978. The molecule has 1 saturated heterocycles. The first kappa shape index (κ1) is 18.0. The number of nitrogens with two attached hydrogens (primary N) is 1. The molecule has 1 aromatic carbocycles. The SMILES string of the molecule is Nc1ccc(-c2ccc(F)cc2)nc1CC(=O)N1CC[C@@H](c2ncccn2)C1. The fraction of sp³-hybridized carbons (Fsp3) is 0.238. The second-order valence-corrected chi connectivity index (χ2v) is 6.85. The maximum Gasteiger partial charge on any atom is 0.228 e. The van der Waals surface area contributed by atoms with Gasteiger partial charge in [-0.2, -0.15) is 0 Å². The molecular weight excluding hydrogens is 357 g/mol. The molecule has 3 heterocycles. The number of aromatic nitrogens is 3. The summed E-state index contributed by atoms with van der Waals surface area (Å²) in [7, 11) is 0. The first-order valence-electron chi connectivity index (χ1n) is 9.16. The first-order valence-corrected chi connectivity index (χ1v) is 9.16. The van der Waals surface area contributed by atoms with Crippen LogP contribution in [0.2, 0.25) is 0 Å². The van der Waals surface area contributed by atoms with Crippen LogP contribution in [0.3, 0.4) is 0 Å². The van der Waals surface area contributed by atoms with E-state index in [1.165, 1.54) is 12.1 Å². The van der Waals surface area contributed by atoms with Crippen LogP contribution in [0, 0.1) is 5.82 Å². The van der Waals surface area contributed by atoms with Gasteiger partial charge in [0.25, 0.3) is 0 Å². The van der Waals surface area contributed by atoms with Gasteiger partial charge in [-0.05, 0) is 48.9 Å². The molecule has 6 nitrogen and oxygen atoms in total. The highest BCUT2D eigenvalue weighted by Crippen LogP contribution is 2.26. The summed E-state index contributed by atoms with van der Waals surface area (Å²) in [5, 5.41) is 0. The van der Waals surface area contributed by atoms with E-state index < -0.39 is 0 Å². The lowest BCUT2D eigenvalue weighted by Gasteiger charge is -2.17. The Balaban J connectivity index is 1.47. The molecule has 1 amide bonds. The molecule has 1 aliphatic heterocycles. The topological polar surface area (TPSA) is 85.0 Å². The normalized spacial score (nSPS) is 16.3. The van der Waals surface area contributed by atoms with Crippen molar-refractivity contribution in [3.63, 3.8) is 0 Å². The van der Waals surface area contributed by atoms with Crippen molar-refractivity contribution in [3.05, 3.63) is 72.2 Å². The van der Waals surface area contributed by atoms with E-state index in [1.54, 1.807) is 42.7 Å². The summed E-state index contributed by atoms with van der Waals surface area (Å²) in [6.45, 7) is 1.26. The molecule has 0 radical (unpaired) electrons. The van der Waals surface area contributed by atoms with E-state index in [4.69, 9.17) is 5.73 Å². The van der Waals surface area contributed by atoms with Gasteiger partial charge in [0, 0.05) is 37.0 Å². The van der Waals surface area contributed by atoms with Gasteiger partial charge in [0.15, 0.2) is 0 Å². The second kappa shape index (κ2) is 7.72.